The van der Waals surface area contributed by atoms with Crippen LogP contribution < -0.4 is 0 Å². The standard InChI is InChI=1S/C48H76B4O8/c1-18-22-37(49-53-41(2,3)42(4,5)54-49)31-39(51-57-45(10,11)46(12,13)58-51)33-40(52-59-47(14,15)48(16,17)60-52)32-38(50-55-43(6,7)44(8,9)56-50)30-27-34-25-28-36(29-26-34)35-23-20-19-21-24-35/h18-21,23-26,28-29,37-40H,1,22,27,30-33H2,2-17H3/t37-,38+,39+,40+/m1/s1. The molecule has 0 aromatic heterocycles. The van der Waals surface area contributed by atoms with Gasteiger partial charge in [-0.15, -0.1) is 6.58 Å². The maximum absolute atomic E-state index is 6.99. The van der Waals surface area contributed by atoms with E-state index in [1.54, 1.807) is 0 Å². The number of rotatable bonds is 16. The zero-order chi connectivity index (χ0) is 44.3. The van der Waals surface area contributed by atoms with Crippen molar-refractivity contribution in [2.45, 2.75) is 217 Å². The fraction of sp³-hybridized carbons (Fsp3) is 0.708. The SMILES string of the molecule is C=CC[C@H](C[C@@H](C[C@H](C[C@H](CCc1ccc(-c2ccccc2)cc1)B1OC(C)(C)C(C)(C)O1)B1OC(C)(C)C(C)(C)O1)B1OC(C)(C)C(C)(C)O1)B1OC(C)(C)C(C)(C)O1. The second-order valence-electron chi connectivity index (χ2n) is 22.4. The van der Waals surface area contributed by atoms with E-state index in [-0.39, 0.29) is 23.3 Å². The fourth-order valence-corrected chi connectivity index (χ4v) is 8.87. The zero-order valence-corrected chi connectivity index (χ0v) is 40.1. The zero-order valence-electron chi connectivity index (χ0n) is 40.1. The van der Waals surface area contributed by atoms with Gasteiger partial charge in [0.2, 0.25) is 0 Å². The first-order chi connectivity index (χ1) is 27.6. The molecule has 2 aromatic rings. The molecule has 0 radical (unpaired) electrons. The molecule has 12 heteroatoms. The van der Waals surface area contributed by atoms with Gasteiger partial charge in [-0.25, -0.2) is 0 Å². The van der Waals surface area contributed by atoms with Gasteiger partial charge in [0.1, 0.15) is 0 Å². The van der Waals surface area contributed by atoms with Gasteiger partial charge in [-0.05, 0) is 170 Å². The van der Waals surface area contributed by atoms with Crippen LogP contribution in [0.2, 0.25) is 23.3 Å². The Labute approximate surface area is 365 Å². The fourth-order valence-electron chi connectivity index (χ4n) is 8.87. The van der Waals surface area contributed by atoms with Gasteiger partial charge in [0.05, 0.1) is 44.8 Å². The first kappa shape index (κ1) is 47.6. The lowest BCUT2D eigenvalue weighted by atomic mass is 9.51. The third-order valence-corrected chi connectivity index (χ3v) is 15.8. The van der Waals surface area contributed by atoms with Crippen LogP contribution in [0.25, 0.3) is 11.1 Å². The Morgan fingerprint density at radius 3 is 1.08 bits per heavy atom. The molecule has 2 aromatic carbocycles. The maximum Gasteiger partial charge on any atom is 0.461 e. The summed E-state index contributed by atoms with van der Waals surface area (Å²) in [4.78, 5) is 0. The van der Waals surface area contributed by atoms with Crippen molar-refractivity contribution in [1.82, 2.24) is 0 Å². The minimum Gasteiger partial charge on any atom is -0.403 e. The molecule has 4 atom stereocenters. The molecule has 8 nitrogen and oxygen atoms in total. The van der Waals surface area contributed by atoms with Gasteiger partial charge in [-0.2, -0.15) is 0 Å². The van der Waals surface area contributed by atoms with Gasteiger partial charge in [0, 0.05) is 0 Å². The van der Waals surface area contributed by atoms with Crippen molar-refractivity contribution < 1.29 is 37.2 Å². The minimum atomic E-state index is -0.510. The molecule has 0 aliphatic carbocycles. The Morgan fingerprint density at radius 1 is 0.417 bits per heavy atom. The van der Waals surface area contributed by atoms with E-state index in [0.29, 0.717) is 0 Å². The highest BCUT2D eigenvalue weighted by molar-refractivity contribution is 6.51. The summed E-state index contributed by atoms with van der Waals surface area (Å²) in [6, 6.07) is 19.5. The summed E-state index contributed by atoms with van der Waals surface area (Å²) in [6.07, 6.45) is 6.69. The second kappa shape index (κ2) is 16.9. The van der Waals surface area contributed by atoms with Crippen molar-refractivity contribution >= 4 is 28.5 Å². The molecule has 60 heavy (non-hydrogen) atoms. The Hall–Kier alpha value is -1.88. The first-order valence-electron chi connectivity index (χ1n) is 22.8. The molecule has 0 unspecified atom stereocenters. The second-order valence-corrected chi connectivity index (χ2v) is 22.4. The minimum absolute atomic E-state index is 0.0178. The van der Waals surface area contributed by atoms with Gasteiger partial charge in [-0.1, -0.05) is 79.9 Å². The summed E-state index contributed by atoms with van der Waals surface area (Å²) in [6.45, 7) is 38.3. The van der Waals surface area contributed by atoms with E-state index in [4.69, 9.17) is 37.2 Å². The van der Waals surface area contributed by atoms with E-state index in [9.17, 15) is 0 Å². The van der Waals surface area contributed by atoms with Crippen molar-refractivity contribution in [1.29, 1.82) is 0 Å². The topological polar surface area (TPSA) is 73.8 Å². The highest BCUT2D eigenvalue weighted by atomic mass is 16.7. The normalized spacial score (nSPS) is 26.3. The van der Waals surface area contributed by atoms with E-state index in [1.807, 2.05) is 6.08 Å². The van der Waals surface area contributed by atoms with Crippen molar-refractivity contribution in [3.63, 3.8) is 0 Å². The molecule has 0 spiro atoms. The number of benzene rings is 2. The van der Waals surface area contributed by atoms with Crippen LogP contribution in [0.5, 0.6) is 0 Å². The molecule has 4 fully saturated rings. The molecule has 0 saturated carbocycles. The summed E-state index contributed by atoms with van der Waals surface area (Å²) >= 11 is 0. The Balaban J connectivity index is 1.35. The van der Waals surface area contributed by atoms with Crippen LogP contribution >= 0.6 is 0 Å². The number of allylic oxidation sites excluding steroid dienone is 1. The van der Waals surface area contributed by atoms with Crippen LogP contribution in [0.1, 0.15) is 148 Å². The molecule has 0 amide bonds. The third kappa shape index (κ3) is 9.77. The predicted octanol–water partition coefficient (Wildman–Crippen LogP) is 11.9. The molecule has 0 bridgehead atoms. The van der Waals surface area contributed by atoms with Crippen LogP contribution in [-0.2, 0) is 43.7 Å². The molecule has 4 heterocycles. The van der Waals surface area contributed by atoms with Crippen LogP contribution in [0, 0.1) is 0 Å². The maximum atomic E-state index is 6.99. The number of hydrogen-bond donors (Lipinski definition) is 0. The van der Waals surface area contributed by atoms with E-state index in [0.717, 1.165) is 38.5 Å². The lowest BCUT2D eigenvalue weighted by Gasteiger charge is -2.32. The summed E-state index contributed by atoms with van der Waals surface area (Å²) in [5.41, 5.74) is -0.174. The summed E-state index contributed by atoms with van der Waals surface area (Å²) in [5, 5.41) is 0. The molecular weight excluding hydrogens is 748 g/mol. The van der Waals surface area contributed by atoms with Crippen molar-refractivity contribution in [3.05, 3.63) is 72.8 Å². The van der Waals surface area contributed by atoms with Crippen molar-refractivity contribution in [3.8, 4) is 11.1 Å². The van der Waals surface area contributed by atoms with E-state index < -0.39 is 73.3 Å². The highest BCUT2D eigenvalue weighted by Crippen LogP contribution is 2.53. The number of hydrogen-bond acceptors (Lipinski definition) is 8. The van der Waals surface area contributed by atoms with E-state index in [1.165, 1.54) is 16.7 Å². The lowest BCUT2D eigenvalue weighted by Crippen LogP contribution is -2.41. The Morgan fingerprint density at radius 2 is 0.717 bits per heavy atom. The largest absolute Gasteiger partial charge is 0.461 e. The summed E-state index contributed by atoms with van der Waals surface area (Å²) < 4.78 is 55.1. The third-order valence-electron chi connectivity index (χ3n) is 15.8. The molecule has 4 aliphatic rings. The molecular formula is C48H76B4O8. The van der Waals surface area contributed by atoms with Crippen LogP contribution in [-0.4, -0.2) is 73.3 Å². The van der Waals surface area contributed by atoms with Gasteiger partial charge in [0.15, 0.2) is 0 Å². The summed E-state index contributed by atoms with van der Waals surface area (Å²) in [5.74, 6) is -0.0510. The van der Waals surface area contributed by atoms with Crippen LogP contribution in [0.15, 0.2) is 67.3 Å². The molecule has 6 rings (SSSR count). The Kier molecular flexibility index (Phi) is 13.4. The Bertz CT molecular complexity index is 1710. The van der Waals surface area contributed by atoms with Gasteiger partial charge < -0.3 is 37.2 Å². The molecule has 4 aliphatic heterocycles. The number of aryl methyl sites for hydroxylation is 1. The van der Waals surface area contributed by atoms with Gasteiger partial charge in [-0.3, -0.25) is 0 Å². The van der Waals surface area contributed by atoms with Crippen LogP contribution in [0.3, 0.4) is 0 Å². The highest BCUT2D eigenvalue weighted by Gasteiger charge is 2.61. The molecule has 4 saturated heterocycles. The molecule has 328 valence electrons. The van der Waals surface area contributed by atoms with Crippen molar-refractivity contribution in [2.75, 3.05) is 0 Å². The van der Waals surface area contributed by atoms with Gasteiger partial charge in [0.25, 0.3) is 0 Å². The average molecular weight is 824 g/mol. The van der Waals surface area contributed by atoms with Crippen molar-refractivity contribution in [2.24, 2.45) is 0 Å². The first-order valence-corrected chi connectivity index (χ1v) is 22.8. The van der Waals surface area contributed by atoms with Gasteiger partial charge >= 0.3 is 28.5 Å². The lowest BCUT2D eigenvalue weighted by molar-refractivity contribution is 0.00578. The average Bonchev–Trinajstić information content (AvgIpc) is 3.69. The van der Waals surface area contributed by atoms with E-state index in [2.05, 4.69) is 172 Å². The quantitative estimate of drug-likeness (QED) is 0.122. The molecule has 0 N–H and O–H groups in total. The van der Waals surface area contributed by atoms with Crippen LogP contribution in [0.4, 0.5) is 0 Å². The monoisotopic (exact) mass is 825 g/mol. The smallest absolute Gasteiger partial charge is 0.403 e. The predicted molar refractivity (Wildman–Crippen MR) is 248 cm³/mol. The summed E-state index contributed by atoms with van der Waals surface area (Å²) in [7, 11) is -1.74. The van der Waals surface area contributed by atoms with E-state index >= 15 is 0 Å².